The van der Waals surface area contributed by atoms with Crippen molar-refractivity contribution >= 4 is 30.1 Å². The van der Waals surface area contributed by atoms with Crippen molar-refractivity contribution in [2.45, 2.75) is 115 Å². The van der Waals surface area contributed by atoms with E-state index < -0.39 is 48.2 Å². The number of nitrogens with zero attached hydrogens (tertiary/aromatic N) is 2. The van der Waals surface area contributed by atoms with Gasteiger partial charge in [0.2, 0.25) is 0 Å². The summed E-state index contributed by atoms with van der Waals surface area (Å²) in [6.07, 6.45) is 0.105. The molecule has 6 unspecified atom stereocenters. The van der Waals surface area contributed by atoms with E-state index in [1.807, 2.05) is 81.4 Å². The molecule has 16 nitrogen and oxygen atoms in total. The zero-order valence-electron chi connectivity index (χ0n) is 37.1. The van der Waals surface area contributed by atoms with E-state index in [9.17, 15) is 29.1 Å². The Bertz CT molecular complexity index is 1880. The van der Waals surface area contributed by atoms with E-state index in [4.69, 9.17) is 33.2 Å². The fraction of sp³-hybridized carbons (Fsp3) is 0.587. The number of amides is 2. The summed E-state index contributed by atoms with van der Waals surface area (Å²) < 4.78 is 36.9. The van der Waals surface area contributed by atoms with Gasteiger partial charge in [-0.25, -0.2) is 19.2 Å². The van der Waals surface area contributed by atoms with E-state index in [0.717, 1.165) is 29.7 Å². The molecule has 2 N–H and O–H groups in total. The number of carbonyl (C=O) groups excluding carboxylic acids is 5. The Balaban J connectivity index is 0.000000182. The maximum Gasteiger partial charge on any atom is 0.410 e. The molecule has 9 atom stereocenters. The fourth-order valence-electron chi connectivity index (χ4n) is 9.19. The van der Waals surface area contributed by atoms with Crippen LogP contribution in [0.15, 0.2) is 72.8 Å². The number of fused-ring (bicyclic) bond motifs is 2. The number of aliphatic hydroxyl groups excluding tert-OH is 1. The number of rotatable bonds is 9. The van der Waals surface area contributed by atoms with E-state index in [2.05, 4.69) is 25.7 Å². The van der Waals surface area contributed by atoms with Crippen LogP contribution < -0.4 is 5.32 Å². The summed E-state index contributed by atoms with van der Waals surface area (Å²) >= 11 is 0. The van der Waals surface area contributed by atoms with Crippen molar-refractivity contribution in [3.8, 4) is 0 Å². The highest BCUT2D eigenvalue weighted by Crippen LogP contribution is 2.43. The number of ether oxygens (including phenoxy) is 7. The molecule has 16 heteroatoms. The zero-order valence-corrected chi connectivity index (χ0v) is 37.1. The van der Waals surface area contributed by atoms with E-state index in [0.29, 0.717) is 19.4 Å². The molecule has 5 aliphatic heterocycles. The standard InChI is InChI=1S/2C18H23NO5.C10H17NO3/c1-18(2)9-13-14(24-18)10-19(15(13)16(20)22-3)17(21)23-11-12-7-5-4-6-8-12;1-12(2)9-14-15(20)10-19(16(14)17(21)23-3)18(22)24-11-13-7-5-4-6-8-13;1-10(2)4-6-7(14-10)5-11-8(6)9(12)13-3/h4-8,13-15H,9-11H2,1-3H3;4-8,14-16,20H,1,9-11H2,2-3H3;6-8,11H,4-5H2,1-3H3/t13-,14?,15?;14?,15-,16?;6-,7?,8?/m000/s1. The van der Waals surface area contributed by atoms with Gasteiger partial charge in [0.25, 0.3) is 0 Å². The molecule has 0 aliphatic carbocycles. The second kappa shape index (κ2) is 20.9. The van der Waals surface area contributed by atoms with Crippen molar-refractivity contribution in [1.29, 1.82) is 0 Å². The summed E-state index contributed by atoms with van der Waals surface area (Å²) in [6.45, 7) is 15.2. The van der Waals surface area contributed by atoms with Crippen molar-refractivity contribution in [3.05, 3.63) is 83.9 Å². The monoisotopic (exact) mass is 865 g/mol. The highest BCUT2D eigenvalue weighted by atomic mass is 16.6. The Morgan fingerprint density at radius 2 is 1.18 bits per heavy atom. The average Bonchev–Trinajstić information content (AvgIpc) is 4.03. The lowest BCUT2D eigenvalue weighted by molar-refractivity contribution is -0.147. The third-order valence-electron chi connectivity index (χ3n) is 11.9. The number of hydrogen-bond acceptors (Lipinski definition) is 14. The van der Waals surface area contributed by atoms with Crippen LogP contribution in [0, 0.1) is 17.8 Å². The van der Waals surface area contributed by atoms with Crippen LogP contribution in [-0.2, 0) is 60.8 Å². The molecule has 0 radical (unpaired) electrons. The number of hydrogen-bond donors (Lipinski definition) is 2. The molecule has 2 aromatic rings. The maximum atomic E-state index is 12.5. The molecular formula is C46H63N3O13. The molecule has 340 valence electrons. The minimum Gasteiger partial charge on any atom is -0.468 e. The van der Waals surface area contributed by atoms with Gasteiger partial charge in [0.05, 0.1) is 63.9 Å². The van der Waals surface area contributed by atoms with Gasteiger partial charge in [0.1, 0.15) is 31.3 Å². The Hall–Kier alpha value is -5.03. The molecule has 0 saturated carbocycles. The molecule has 5 fully saturated rings. The molecule has 2 amide bonds. The van der Waals surface area contributed by atoms with Crippen molar-refractivity contribution < 1.29 is 62.2 Å². The first-order chi connectivity index (χ1) is 29.4. The quantitative estimate of drug-likeness (QED) is 0.199. The lowest BCUT2D eigenvalue weighted by Gasteiger charge is -2.27. The number of allylic oxidation sites excluding steroid dienone is 1. The first-order valence-electron chi connectivity index (χ1n) is 21.0. The van der Waals surface area contributed by atoms with Gasteiger partial charge in [-0.2, -0.15) is 0 Å². The molecule has 0 aromatic heterocycles. The van der Waals surface area contributed by atoms with Gasteiger partial charge in [-0.05, 0) is 65.0 Å². The number of benzene rings is 2. The largest absolute Gasteiger partial charge is 0.468 e. The highest BCUT2D eigenvalue weighted by molar-refractivity contribution is 5.83. The smallest absolute Gasteiger partial charge is 0.410 e. The molecular weight excluding hydrogens is 803 g/mol. The summed E-state index contributed by atoms with van der Waals surface area (Å²) in [6, 6.07) is 17.0. The summed E-state index contributed by atoms with van der Waals surface area (Å²) in [5.74, 6) is -1.37. The minimum absolute atomic E-state index is 0.0331. The summed E-state index contributed by atoms with van der Waals surface area (Å²) in [5.41, 5.74) is 2.19. The van der Waals surface area contributed by atoms with Gasteiger partial charge in [-0.1, -0.05) is 66.2 Å². The second-order valence-electron chi connectivity index (χ2n) is 17.7. The van der Waals surface area contributed by atoms with Crippen LogP contribution in [0.1, 0.15) is 65.0 Å². The number of methoxy groups -OCH3 is 3. The predicted octanol–water partition coefficient (Wildman–Crippen LogP) is 4.80. The van der Waals surface area contributed by atoms with Gasteiger partial charge < -0.3 is 43.6 Å². The van der Waals surface area contributed by atoms with Crippen LogP contribution in [0.2, 0.25) is 0 Å². The molecule has 0 bridgehead atoms. The lowest BCUT2D eigenvalue weighted by atomic mass is 9.90. The third kappa shape index (κ3) is 11.9. The Labute approximate surface area is 364 Å². The number of nitrogens with one attached hydrogen (secondary N) is 1. The Kier molecular flexibility index (Phi) is 16.2. The summed E-state index contributed by atoms with van der Waals surface area (Å²) in [5, 5.41) is 13.4. The van der Waals surface area contributed by atoms with Crippen LogP contribution >= 0.6 is 0 Å². The van der Waals surface area contributed by atoms with E-state index in [1.54, 1.807) is 0 Å². The molecule has 0 spiro atoms. The first kappa shape index (κ1) is 48.0. The molecule has 5 aliphatic rings. The van der Waals surface area contributed by atoms with Crippen molar-refractivity contribution in [2.75, 3.05) is 41.0 Å². The number of aliphatic hydroxyl groups is 1. The van der Waals surface area contributed by atoms with Crippen LogP contribution in [0.4, 0.5) is 9.59 Å². The topological polar surface area (TPSA) is 189 Å². The summed E-state index contributed by atoms with van der Waals surface area (Å²) in [7, 11) is 4.03. The fourth-order valence-corrected chi connectivity index (χ4v) is 9.19. The van der Waals surface area contributed by atoms with Crippen LogP contribution in [-0.4, -0.2) is 134 Å². The third-order valence-corrected chi connectivity index (χ3v) is 11.9. The second-order valence-corrected chi connectivity index (χ2v) is 17.7. The van der Waals surface area contributed by atoms with Crippen molar-refractivity contribution in [3.63, 3.8) is 0 Å². The minimum atomic E-state index is -0.870. The normalized spacial score (nSPS) is 28.5. The Morgan fingerprint density at radius 1 is 0.710 bits per heavy atom. The molecule has 7 rings (SSSR count). The molecule has 2 aromatic carbocycles. The number of β-amino-alcohol motifs (C(OH)–C–C–N with tert-alkyl or cyclic N) is 1. The molecule has 5 heterocycles. The molecule has 62 heavy (non-hydrogen) atoms. The zero-order chi connectivity index (χ0) is 45.4. The van der Waals surface area contributed by atoms with Gasteiger partial charge in [-0.15, -0.1) is 6.58 Å². The maximum absolute atomic E-state index is 12.5. The first-order valence-corrected chi connectivity index (χ1v) is 21.0. The predicted molar refractivity (Wildman–Crippen MR) is 225 cm³/mol. The lowest BCUT2D eigenvalue weighted by Crippen LogP contribution is -2.45. The van der Waals surface area contributed by atoms with E-state index in [1.165, 1.54) is 31.1 Å². The van der Waals surface area contributed by atoms with Gasteiger partial charge >= 0.3 is 30.1 Å². The molecule has 5 saturated heterocycles. The van der Waals surface area contributed by atoms with Crippen molar-refractivity contribution in [1.82, 2.24) is 15.1 Å². The van der Waals surface area contributed by atoms with E-state index >= 15 is 0 Å². The highest BCUT2D eigenvalue weighted by Gasteiger charge is 2.56. The van der Waals surface area contributed by atoms with Crippen LogP contribution in [0.25, 0.3) is 0 Å². The number of carbonyl (C=O) groups is 5. The number of esters is 3. The van der Waals surface area contributed by atoms with Gasteiger partial charge in [0.15, 0.2) is 0 Å². The van der Waals surface area contributed by atoms with Gasteiger partial charge in [0, 0.05) is 24.3 Å². The van der Waals surface area contributed by atoms with Crippen LogP contribution in [0.5, 0.6) is 0 Å². The van der Waals surface area contributed by atoms with Gasteiger partial charge in [-0.3, -0.25) is 14.6 Å². The van der Waals surface area contributed by atoms with Crippen molar-refractivity contribution in [2.24, 2.45) is 17.8 Å². The average molecular weight is 866 g/mol. The van der Waals surface area contributed by atoms with Crippen LogP contribution in [0.3, 0.4) is 0 Å². The SMILES string of the molecule is C=C(C)CC1C(C(=O)OC)N(C(=O)OCc2ccccc2)C[C@@H]1O.COC(=O)C1NCC2OC(C)(C)C[C@@H]21.COC(=O)C1[C@H]2CC(C)(C)OC2CN1C(=O)OCc1ccccc1. The summed E-state index contributed by atoms with van der Waals surface area (Å²) in [4.78, 5) is 63.3. The Morgan fingerprint density at radius 3 is 1.68 bits per heavy atom. The number of likely N-dealkylation sites (tertiary alicyclic amines) is 2. The van der Waals surface area contributed by atoms with E-state index in [-0.39, 0.29) is 67.0 Å².